The summed E-state index contributed by atoms with van der Waals surface area (Å²) >= 11 is 0. The fraction of sp³-hybridized carbons (Fsp3) is 0.500. The largest absolute Gasteiger partial charge is 0.493 e. The van der Waals surface area contributed by atoms with Crippen LogP contribution in [0.1, 0.15) is 24.5 Å². The minimum Gasteiger partial charge on any atom is -0.493 e. The lowest BCUT2D eigenvalue weighted by Gasteiger charge is -2.12. The molecular weight excluding hydrogens is 238 g/mol. The number of aliphatic hydroxyl groups is 1. The number of rotatable bonds is 9. The highest BCUT2D eigenvalue weighted by atomic mass is 16.5. The van der Waals surface area contributed by atoms with Crippen molar-refractivity contribution in [2.24, 2.45) is 0 Å². The number of aryl methyl sites for hydroxylation is 1. The van der Waals surface area contributed by atoms with Gasteiger partial charge in [-0.25, -0.2) is 0 Å². The molecule has 1 atom stereocenters. The van der Waals surface area contributed by atoms with Gasteiger partial charge in [0.15, 0.2) is 0 Å². The predicted octanol–water partition coefficient (Wildman–Crippen LogP) is 2.46. The second kappa shape index (κ2) is 8.73. The number of aliphatic hydroxyl groups excluding tert-OH is 1. The summed E-state index contributed by atoms with van der Waals surface area (Å²) in [6, 6.07) is 6.23. The van der Waals surface area contributed by atoms with Crippen LogP contribution in [0, 0.1) is 6.92 Å². The topological polar surface area (TPSA) is 41.5 Å². The molecule has 1 aromatic rings. The van der Waals surface area contributed by atoms with Crippen LogP contribution in [-0.2, 0) is 6.42 Å². The van der Waals surface area contributed by atoms with E-state index in [1.807, 2.05) is 12.1 Å². The molecule has 0 radical (unpaired) electrons. The number of nitrogens with one attached hydrogen (secondary N) is 1. The van der Waals surface area contributed by atoms with Gasteiger partial charge in [-0.2, -0.15) is 0 Å². The third kappa shape index (κ3) is 6.41. The highest BCUT2D eigenvalue weighted by Crippen LogP contribution is 2.21. The van der Waals surface area contributed by atoms with E-state index in [1.165, 1.54) is 11.1 Å². The van der Waals surface area contributed by atoms with Gasteiger partial charge in [0.05, 0.1) is 12.7 Å². The second-order valence-electron chi connectivity index (χ2n) is 4.86. The number of benzene rings is 1. The minimum absolute atomic E-state index is 0.294. The molecule has 3 nitrogen and oxygen atoms in total. The molecule has 2 N–H and O–H groups in total. The molecule has 0 saturated carbocycles. The molecule has 1 aromatic carbocycles. The lowest BCUT2D eigenvalue weighted by Crippen LogP contribution is -2.26. The van der Waals surface area contributed by atoms with E-state index >= 15 is 0 Å². The van der Waals surface area contributed by atoms with Gasteiger partial charge in [-0.05, 0) is 44.9 Å². The summed E-state index contributed by atoms with van der Waals surface area (Å²) in [5, 5.41) is 12.3. The lowest BCUT2D eigenvalue weighted by atomic mass is 10.1. The van der Waals surface area contributed by atoms with Crippen molar-refractivity contribution in [2.75, 3.05) is 19.7 Å². The average molecular weight is 263 g/mol. The highest BCUT2D eigenvalue weighted by Gasteiger charge is 2.02. The molecule has 0 spiro atoms. The van der Waals surface area contributed by atoms with Gasteiger partial charge in [0.25, 0.3) is 0 Å². The molecule has 0 aliphatic rings. The fourth-order valence-electron chi connectivity index (χ4n) is 1.85. The van der Waals surface area contributed by atoms with Crippen molar-refractivity contribution < 1.29 is 9.84 Å². The van der Waals surface area contributed by atoms with Crippen LogP contribution in [0.5, 0.6) is 5.75 Å². The van der Waals surface area contributed by atoms with Crippen LogP contribution >= 0.6 is 0 Å². The third-order valence-corrected chi connectivity index (χ3v) is 2.78. The maximum Gasteiger partial charge on any atom is 0.122 e. The van der Waals surface area contributed by atoms with E-state index < -0.39 is 0 Å². The van der Waals surface area contributed by atoms with Gasteiger partial charge in [-0.3, -0.25) is 0 Å². The summed E-state index contributed by atoms with van der Waals surface area (Å²) in [6.45, 7) is 9.80. The van der Waals surface area contributed by atoms with Crippen molar-refractivity contribution in [3.63, 3.8) is 0 Å². The summed E-state index contributed by atoms with van der Waals surface area (Å²) in [6.07, 6.45) is 3.36. The Morgan fingerprint density at radius 1 is 1.47 bits per heavy atom. The van der Waals surface area contributed by atoms with E-state index in [-0.39, 0.29) is 6.10 Å². The summed E-state index contributed by atoms with van der Waals surface area (Å²) in [4.78, 5) is 0. The summed E-state index contributed by atoms with van der Waals surface area (Å²) in [5.41, 5.74) is 2.43. The van der Waals surface area contributed by atoms with Crippen molar-refractivity contribution >= 4 is 0 Å². The normalized spacial score (nSPS) is 12.2. The number of hydrogen-bond acceptors (Lipinski definition) is 3. The fourth-order valence-corrected chi connectivity index (χ4v) is 1.85. The van der Waals surface area contributed by atoms with E-state index in [1.54, 1.807) is 6.92 Å². The first-order valence-electron chi connectivity index (χ1n) is 6.85. The molecule has 0 amide bonds. The van der Waals surface area contributed by atoms with Gasteiger partial charge in [0, 0.05) is 6.54 Å². The molecule has 106 valence electrons. The molecule has 0 bridgehead atoms. The van der Waals surface area contributed by atoms with Crippen LogP contribution in [-0.4, -0.2) is 30.9 Å². The van der Waals surface area contributed by atoms with Crippen LogP contribution in [0.3, 0.4) is 0 Å². The Hall–Kier alpha value is -1.32. The number of hydrogen-bond donors (Lipinski definition) is 2. The van der Waals surface area contributed by atoms with Gasteiger partial charge in [0.1, 0.15) is 5.75 Å². The number of allylic oxidation sites excluding steroid dienone is 1. The molecule has 0 saturated heterocycles. The van der Waals surface area contributed by atoms with Gasteiger partial charge in [0.2, 0.25) is 0 Å². The monoisotopic (exact) mass is 263 g/mol. The van der Waals surface area contributed by atoms with Crippen molar-refractivity contribution in [2.45, 2.75) is 32.8 Å². The summed E-state index contributed by atoms with van der Waals surface area (Å²) < 4.78 is 5.80. The maximum absolute atomic E-state index is 9.11. The zero-order valence-electron chi connectivity index (χ0n) is 12.0. The quantitative estimate of drug-likeness (QED) is 0.531. The maximum atomic E-state index is 9.11. The smallest absolute Gasteiger partial charge is 0.122 e. The first-order chi connectivity index (χ1) is 9.13. The Labute approximate surface area is 116 Å². The molecule has 0 aliphatic heterocycles. The van der Waals surface area contributed by atoms with Crippen molar-refractivity contribution in [3.05, 3.63) is 42.0 Å². The van der Waals surface area contributed by atoms with Crippen LogP contribution in [0.4, 0.5) is 0 Å². The van der Waals surface area contributed by atoms with Crippen LogP contribution in [0.25, 0.3) is 0 Å². The standard InChI is InChI=1S/C16H25NO2/c1-4-6-15-11-13(2)7-8-16(15)19-10-5-9-17-12-14(3)18/h4,7-8,11,14,17-18H,1,5-6,9-10,12H2,2-3H3. The molecule has 19 heavy (non-hydrogen) atoms. The minimum atomic E-state index is -0.294. The van der Waals surface area contributed by atoms with Crippen LogP contribution in [0.2, 0.25) is 0 Å². The second-order valence-corrected chi connectivity index (χ2v) is 4.86. The van der Waals surface area contributed by atoms with E-state index in [2.05, 4.69) is 31.0 Å². The first kappa shape index (κ1) is 15.7. The van der Waals surface area contributed by atoms with Crippen molar-refractivity contribution in [3.8, 4) is 5.75 Å². The van der Waals surface area contributed by atoms with Gasteiger partial charge in [-0.15, -0.1) is 6.58 Å². The van der Waals surface area contributed by atoms with Crippen LogP contribution in [0.15, 0.2) is 30.9 Å². The average Bonchev–Trinajstić information content (AvgIpc) is 2.36. The Kier molecular flexibility index (Phi) is 7.23. The molecule has 1 unspecified atom stereocenters. The first-order valence-corrected chi connectivity index (χ1v) is 6.85. The molecule has 0 aliphatic carbocycles. The SMILES string of the molecule is C=CCc1cc(C)ccc1OCCCNCC(C)O. The third-order valence-electron chi connectivity index (χ3n) is 2.78. The van der Waals surface area contributed by atoms with E-state index in [4.69, 9.17) is 9.84 Å². The van der Waals surface area contributed by atoms with E-state index in [0.29, 0.717) is 13.2 Å². The van der Waals surface area contributed by atoms with Gasteiger partial charge in [-0.1, -0.05) is 23.8 Å². The van der Waals surface area contributed by atoms with Gasteiger partial charge >= 0.3 is 0 Å². The Balaban J connectivity index is 2.34. The Bertz CT molecular complexity index is 388. The van der Waals surface area contributed by atoms with E-state index in [0.717, 1.165) is 25.1 Å². The Morgan fingerprint density at radius 2 is 2.26 bits per heavy atom. The lowest BCUT2D eigenvalue weighted by molar-refractivity contribution is 0.190. The zero-order chi connectivity index (χ0) is 14.1. The molecule has 0 fully saturated rings. The summed E-state index contributed by atoms with van der Waals surface area (Å²) in [7, 11) is 0. The highest BCUT2D eigenvalue weighted by molar-refractivity contribution is 5.38. The molecular formula is C16H25NO2. The molecule has 0 aromatic heterocycles. The molecule has 3 heteroatoms. The number of ether oxygens (including phenoxy) is 1. The van der Waals surface area contributed by atoms with Crippen molar-refractivity contribution in [1.82, 2.24) is 5.32 Å². The molecule has 1 rings (SSSR count). The zero-order valence-corrected chi connectivity index (χ0v) is 12.0. The van der Waals surface area contributed by atoms with Crippen LogP contribution < -0.4 is 10.1 Å². The van der Waals surface area contributed by atoms with Gasteiger partial charge < -0.3 is 15.2 Å². The molecule has 0 heterocycles. The predicted molar refractivity (Wildman–Crippen MR) is 79.7 cm³/mol. The van der Waals surface area contributed by atoms with Crippen molar-refractivity contribution in [1.29, 1.82) is 0 Å². The van der Waals surface area contributed by atoms with E-state index in [9.17, 15) is 0 Å². The Morgan fingerprint density at radius 3 is 2.95 bits per heavy atom. The summed E-state index contributed by atoms with van der Waals surface area (Å²) in [5.74, 6) is 0.945.